The summed E-state index contributed by atoms with van der Waals surface area (Å²) in [6.45, 7) is 0.121. The summed E-state index contributed by atoms with van der Waals surface area (Å²) >= 11 is 0. The Hall–Kier alpha value is -1.79. The normalized spacial score (nSPS) is 21.1. The van der Waals surface area contributed by atoms with Crippen LogP contribution in [0.15, 0.2) is 24.3 Å². The first-order valence-electron chi connectivity index (χ1n) is 6.07. The molecule has 2 unspecified atom stereocenters. The van der Waals surface area contributed by atoms with E-state index in [2.05, 4.69) is 10.6 Å². The average molecular weight is 266 g/mol. The van der Waals surface area contributed by atoms with Crippen LogP contribution >= 0.6 is 0 Å². The van der Waals surface area contributed by atoms with Crippen LogP contribution in [0.2, 0.25) is 0 Å². The Balaban J connectivity index is 1.88. The summed E-state index contributed by atoms with van der Waals surface area (Å²) in [5, 5.41) is 15.0. The molecule has 0 aliphatic carbocycles. The smallest absolute Gasteiger partial charge is 0.243 e. The Kier molecular flexibility index (Phi) is 4.24. The molecule has 1 aliphatic rings. The van der Waals surface area contributed by atoms with E-state index in [1.807, 2.05) is 0 Å². The van der Waals surface area contributed by atoms with Gasteiger partial charge in [0.25, 0.3) is 0 Å². The van der Waals surface area contributed by atoms with E-state index in [1.54, 1.807) is 6.07 Å². The van der Waals surface area contributed by atoms with Crippen LogP contribution < -0.4 is 10.6 Å². The first-order valence-corrected chi connectivity index (χ1v) is 6.07. The van der Waals surface area contributed by atoms with Crippen LogP contribution in [-0.2, 0) is 9.59 Å². The maximum absolute atomic E-state index is 13.0. The van der Waals surface area contributed by atoms with Crippen LogP contribution in [0.3, 0.4) is 0 Å². The van der Waals surface area contributed by atoms with Crippen molar-refractivity contribution in [3.8, 4) is 0 Å². The van der Waals surface area contributed by atoms with Crippen molar-refractivity contribution in [1.82, 2.24) is 10.6 Å². The Morgan fingerprint density at radius 3 is 2.95 bits per heavy atom. The minimum atomic E-state index is -0.902. The van der Waals surface area contributed by atoms with Crippen molar-refractivity contribution in [1.29, 1.82) is 0 Å². The number of rotatable bonds is 4. The zero-order valence-electron chi connectivity index (χ0n) is 10.2. The van der Waals surface area contributed by atoms with Crippen molar-refractivity contribution in [3.63, 3.8) is 0 Å². The van der Waals surface area contributed by atoms with Gasteiger partial charge in [-0.15, -0.1) is 0 Å². The third-order valence-corrected chi connectivity index (χ3v) is 3.03. The molecule has 1 saturated heterocycles. The van der Waals surface area contributed by atoms with Crippen molar-refractivity contribution < 1.29 is 19.1 Å². The fourth-order valence-corrected chi connectivity index (χ4v) is 1.97. The van der Waals surface area contributed by atoms with E-state index >= 15 is 0 Å². The van der Waals surface area contributed by atoms with Gasteiger partial charge in [-0.25, -0.2) is 4.39 Å². The maximum Gasteiger partial charge on any atom is 0.243 e. The third kappa shape index (κ3) is 3.59. The van der Waals surface area contributed by atoms with E-state index in [9.17, 15) is 19.1 Å². The van der Waals surface area contributed by atoms with Crippen LogP contribution in [0.5, 0.6) is 0 Å². The Morgan fingerprint density at radius 1 is 1.47 bits per heavy atom. The van der Waals surface area contributed by atoms with Crippen molar-refractivity contribution in [3.05, 3.63) is 35.6 Å². The van der Waals surface area contributed by atoms with Gasteiger partial charge in [0.15, 0.2) is 0 Å². The van der Waals surface area contributed by atoms with Crippen LogP contribution in [0, 0.1) is 5.82 Å². The molecule has 19 heavy (non-hydrogen) atoms. The molecule has 1 fully saturated rings. The van der Waals surface area contributed by atoms with Gasteiger partial charge in [0.05, 0.1) is 12.1 Å². The number of aliphatic hydroxyl groups excluding tert-OH is 1. The molecule has 3 N–H and O–H groups in total. The number of hydrogen-bond acceptors (Lipinski definition) is 4. The number of aliphatic hydroxyl groups is 1. The monoisotopic (exact) mass is 266 g/mol. The average Bonchev–Trinajstić information content (AvgIpc) is 2.37. The number of carbonyl (C=O) groups is 2. The Morgan fingerprint density at radius 2 is 2.26 bits per heavy atom. The molecule has 1 heterocycles. The molecule has 0 saturated carbocycles. The largest absolute Gasteiger partial charge is 0.387 e. The van der Waals surface area contributed by atoms with Crippen molar-refractivity contribution in [2.45, 2.75) is 25.0 Å². The van der Waals surface area contributed by atoms with Gasteiger partial charge in [-0.1, -0.05) is 12.1 Å². The highest BCUT2D eigenvalue weighted by Crippen LogP contribution is 2.14. The van der Waals surface area contributed by atoms with Gasteiger partial charge < -0.3 is 10.4 Å². The molecular formula is C13H15FN2O3. The SMILES string of the molecule is O=C1CCC(NCC(O)c2cccc(F)c2)C(=O)N1. The van der Waals surface area contributed by atoms with Crippen LogP contribution in [0.25, 0.3) is 0 Å². The number of nitrogens with one attached hydrogen (secondary N) is 2. The summed E-state index contributed by atoms with van der Waals surface area (Å²) in [5.74, 6) is -1.09. The molecule has 1 aliphatic heterocycles. The summed E-state index contributed by atoms with van der Waals surface area (Å²) in [6.07, 6.45) is -0.221. The summed E-state index contributed by atoms with van der Waals surface area (Å²) < 4.78 is 13.0. The molecule has 0 aromatic heterocycles. The molecule has 5 nitrogen and oxygen atoms in total. The lowest BCUT2D eigenvalue weighted by Crippen LogP contribution is -2.51. The highest BCUT2D eigenvalue weighted by Gasteiger charge is 2.26. The predicted octanol–water partition coefficient (Wildman–Crippen LogP) is 0.254. The van der Waals surface area contributed by atoms with E-state index in [4.69, 9.17) is 0 Å². The Bertz CT molecular complexity index is 493. The van der Waals surface area contributed by atoms with Gasteiger partial charge in [-0.05, 0) is 24.1 Å². The zero-order chi connectivity index (χ0) is 13.8. The van der Waals surface area contributed by atoms with Crippen LogP contribution in [0.1, 0.15) is 24.5 Å². The summed E-state index contributed by atoms with van der Waals surface area (Å²) in [7, 11) is 0. The van der Waals surface area contributed by atoms with Gasteiger partial charge >= 0.3 is 0 Å². The molecule has 1 aromatic carbocycles. The minimum Gasteiger partial charge on any atom is -0.387 e. The quantitative estimate of drug-likeness (QED) is 0.683. The Labute approximate surface area is 109 Å². The standard InChI is InChI=1S/C13H15FN2O3/c14-9-3-1-2-8(6-9)11(17)7-15-10-4-5-12(18)16-13(10)19/h1-3,6,10-11,15,17H,4-5,7H2,(H,16,18,19). The van der Waals surface area contributed by atoms with Crippen LogP contribution in [-0.4, -0.2) is 29.5 Å². The highest BCUT2D eigenvalue weighted by atomic mass is 19.1. The number of piperidine rings is 1. The van der Waals surface area contributed by atoms with Gasteiger partial charge in [0, 0.05) is 13.0 Å². The van der Waals surface area contributed by atoms with Gasteiger partial charge in [-0.2, -0.15) is 0 Å². The second-order valence-corrected chi connectivity index (χ2v) is 4.48. The number of carbonyl (C=O) groups excluding carboxylic acids is 2. The maximum atomic E-state index is 13.0. The third-order valence-electron chi connectivity index (χ3n) is 3.03. The van der Waals surface area contributed by atoms with Gasteiger partial charge in [-0.3, -0.25) is 14.9 Å². The van der Waals surface area contributed by atoms with E-state index in [0.717, 1.165) is 0 Å². The van der Waals surface area contributed by atoms with Crippen molar-refractivity contribution in [2.75, 3.05) is 6.54 Å². The number of halogens is 1. The lowest BCUT2D eigenvalue weighted by molar-refractivity contribution is -0.134. The predicted molar refractivity (Wildman–Crippen MR) is 65.5 cm³/mol. The molecule has 0 spiro atoms. The van der Waals surface area contributed by atoms with Crippen molar-refractivity contribution in [2.24, 2.45) is 0 Å². The minimum absolute atomic E-state index is 0.121. The first-order chi connectivity index (χ1) is 9.06. The second kappa shape index (κ2) is 5.90. The van der Waals surface area contributed by atoms with Crippen molar-refractivity contribution >= 4 is 11.8 Å². The summed E-state index contributed by atoms with van der Waals surface area (Å²) in [5.41, 5.74) is 0.444. The first kappa shape index (κ1) is 13.6. The molecule has 102 valence electrons. The summed E-state index contributed by atoms with van der Waals surface area (Å²) in [4.78, 5) is 22.4. The number of imide groups is 1. The molecule has 2 amide bonds. The molecule has 0 bridgehead atoms. The topological polar surface area (TPSA) is 78.4 Å². The lowest BCUT2D eigenvalue weighted by Gasteiger charge is -2.23. The van der Waals surface area contributed by atoms with Crippen LogP contribution in [0.4, 0.5) is 4.39 Å². The fraction of sp³-hybridized carbons (Fsp3) is 0.385. The molecule has 2 rings (SSSR count). The molecular weight excluding hydrogens is 251 g/mol. The molecule has 6 heteroatoms. The van der Waals surface area contributed by atoms with E-state index < -0.39 is 18.0 Å². The van der Waals surface area contributed by atoms with E-state index in [-0.39, 0.29) is 24.8 Å². The molecule has 1 aromatic rings. The molecule has 2 atom stereocenters. The molecule has 0 radical (unpaired) electrons. The number of hydrogen-bond donors (Lipinski definition) is 3. The summed E-state index contributed by atoms with van der Waals surface area (Å²) in [6, 6.07) is 5.17. The number of amides is 2. The van der Waals surface area contributed by atoms with E-state index in [0.29, 0.717) is 12.0 Å². The number of benzene rings is 1. The van der Waals surface area contributed by atoms with Gasteiger partial charge in [0.1, 0.15) is 5.82 Å². The fourth-order valence-electron chi connectivity index (χ4n) is 1.97. The van der Waals surface area contributed by atoms with Gasteiger partial charge in [0.2, 0.25) is 11.8 Å². The lowest BCUT2D eigenvalue weighted by atomic mass is 10.0. The zero-order valence-corrected chi connectivity index (χ0v) is 10.2. The second-order valence-electron chi connectivity index (χ2n) is 4.48. The highest BCUT2D eigenvalue weighted by molar-refractivity contribution is 6.00. The van der Waals surface area contributed by atoms with E-state index in [1.165, 1.54) is 18.2 Å².